The first kappa shape index (κ1) is 17.9. The Bertz CT molecular complexity index is 1060. The van der Waals surface area contributed by atoms with Crippen LogP contribution < -0.4 is 10.1 Å². The summed E-state index contributed by atoms with van der Waals surface area (Å²) in [6.45, 7) is 1.92. The van der Waals surface area contributed by atoms with Crippen molar-refractivity contribution in [3.8, 4) is 16.9 Å². The van der Waals surface area contributed by atoms with Gasteiger partial charge in [0.25, 0.3) is 0 Å². The van der Waals surface area contributed by atoms with Gasteiger partial charge in [0.1, 0.15) is 11.9 Å². The standard InChI is InChI=1S/C21H22N2O3S/c1-27(24,25)18-5-2-15(3-6-18)21-19-10-13-23-14-16(19)4-7-20(21)26-17-8-11-22-12-9-17/h2-7,10,13-14,17,22H,8-9,11-12H2,1H3. The molecule has 1 fully saturated rings. The van der Waals surface area contributed by atoms with E-state index in [1.54, 1.807) is 18.3 Å². The van der Waals surface area contributed by atoms with Crippen molar-refractivity contribution in [2.45, 2.75) is 23.8 Å². The number of sulfone groups is 1. The van der Waals surface area contributed by atoms with Crippen molar-refractivity contribution < 1.29 is 13.2 Å². The van der Waals surface area contributed by atoms with Crippen LogP contribution in [0.25, 0.3) is 21.9 Å². The van der Waals surface area contributed by atoms with Crippen molar-refractivity contribution in [1.82, 2.24) is 10.3 Å². The summed E-state index contributed by atoms with van der Waals surface area (Å²) in [7, 11) is -3.23. The van der Waals surface area contributed by atoms with Crippen molar-refractivity contribution in [3.63, 3.8) is 0 Å². The van der Waals surface area contributed by atoms with Crippen LogP contribution in [-0.4, -0.2) is 38.9 Å². The van der Waals surface area contributed by atoms with Crippen LogP contribution in [0.3, 0.4) is 0 Å². The first-order chi connectivity index (χ1) is 13.0. The second-order valence-corrected chi connectivity index (χ2v) is 8.91. The summed E-state index contributed by atoms with van der Waals surface area (Å²) in [5.74, 6) is 0.827. The van der Waals surface area contributed by atoms with Gasteiger partial charge in [-0.2, -0.15) is 0 Å². The molecule has 1 N–H and O–H groups in total. The van der Waals surface area contributed by atoms with Crippen molar-refractivity contribution in [2.75, 3.05) is 19.3 Å². The van der Waals surface area contributed by atoms with E-state index in [0.29, 0.717) is 4.90 Å². The largest absolute Gasteiger partial charge is 0.490 e. The molecule has 0 radical (unpaired) electrons. The molecule has 0 spiro atoms. The number of aromatic nitrogens is 1. The minimum atomic E-state index is -3.23. The summed E-state index contributed by atoms with van der Waals surface area (Å²) in [5.41, 5.74) is 1.91. The summed E-state index contributed by atoms with van der Waals surface area (Å²) in [6.07, 6.45) is 6.95. The third kappa shape index (κ3) is 3.82. The summed E-state index contributed by atoms with van der Waals surface area (Å²) in [4.78, 5) is 4.52. The fraction of sp³-hybridized carbons (Fsp3) is 0.286. The Morgan fingerprint density at radius 1 is 1.04 bits per heavy atom. The van der Waals surface area contributed by atoms with Gasteiger partial charge < -0.3 is 10.1 Å². The maximum atomic E-state index is 11.8. The molecular formula is C21H22N2O3S. The maximum absolute atomic E-state index is 11.8. The number of hydrogen-bond donors (Lipinski definition) is 1. The number of piperidine rings is 1. The average Bonchev–Trinajstić information content (AvgIpc) is 2.68. The van der Waals surface area contributed by atoms with E-state index >= 15 is 0 Å². The van der Waals surface area contributed by atoms with Gasteiger partial charge in [0.05, 0.1) is 4.90 Å². The molecule has 0 unspecified atom stereocenters. The molecule has 3 aromatic rings. The highest BCUT2D eigenvalue weighted by atomic mass is 32.2. The van der Waals surface area contributed by atoms with Crippen molar-refractivity contribution in [2.24, 2.45) is 0 Å². The van der Waals surface area contributed by atoms with Gasteiger partial charge in [0.2, 0.25) is 0 Å². The van der Waals surface area contributed by atoms with Crippen LogP contribution in [0.2, 0.25) is 0 Å². The molecule has 5 nitrogen and oxygen atoms in total. The Morgan fingerprint density at radius 2 is 1.78 bits per heavy atom. The second-order valence-electron chi connectivity index (χ2n) is 6.90. The monoisotopic (exact) mass is 382 g/mol. The Kier molecular flexibility index (Phi) is 4.85. The molecule has 1 aromatic heterocycles. The average molecular weight is 382 g/mol. The molecule has 0 aliphatic carbocycles. The van der Waals surface area contributed by atoms with Crippen LogP contribution in [0, 0.1) is 0 Å². The van der Waals surface area contributed by atoms with Crippen molar-refractivity contribution in [3.05, 3.63) is 54.9 Å². The van der Waals surface area contributed by atoms with Gasteiger partial charge >= 0.3 is 0 Å². The van der Waals surface area contributed by atoms with E-state index in [1.807, 2.05) is 36.5 Å². The number of rotatable bonds is 4. The highest BCUT2D eigenvalue weighted by molar-refractivity contribution is 7.90. The lowest BCUT2D eigenvalue weighted by Crippen LogP contribution is -2.34. The van der Waals surface area contributed by atoms with E-state index in [9.17, 15) is 8.42 Å². The SMILES string of the molecule is CS(=O)(=O)c1ccc(-c2c(OC3CCNCC3)ccc3cnccc23)cc1. The normalized spacial score (nSPS) is 15.7. The molecule has 6 heteroatoms. The Hall–Kier alpha value is -2.44. The van der Waals surface area contributed by atoms with E-state index in [4.69, 9.17) is 4.74 Å². The van der Waals surface area contributed by atoms with E-state index < -0.39 is 9.84 Å². The fourth-order valence-corrected chi connectivity index (χ4v) is 4.14. The maximum Gasteiger partial charge on any atom is 0.175 e. The fourth-order valence-electron chi connectivity index (χ4n) is 3.51. The predicted molar refractivity (Wildman–Crippen MR) is 107 cm³/mol. The van der Waals surface area contributed by atoms with Gasteiger partial charge in [-0.1, -0.05) is 12.1 Å². The van der Waals surface area contributed by atoms with Crippen molar-refractivity contribution in [1.29, 1.82) is 0 Å². The molecule has 140 valence electrons. The molecule has 2 aromatic carbocycles. The van der Waals surface area contributed by atoms with Crippen LogP contribution in [-0.2, 0) is 9.84 Å². The summed E-state index contributed by atoms with van der Waals surface area (Å²) < 4.78 is 29.9. The molecule has 2 heterocycles. The predicted octanol–water partition coefficient (Wildman–Crippen LogP) is 3.44. The van der Waals surface area contributed by atoms with Crippen LogP contribution in [0.5, 0.6) is 5.75 Å². The van der Waals surface area contributed by atoms with Gasteiger partial charge in [0, 0.05) is 29.6 Å². The summed E-state index contributed by atoms with van der Waals surface area (Å²) in [6, 6.07) is 13.0. The zero-order chi connectivity index (χ0) is 18.9. The Balaban J connectivity index is 1.82. The minimum Gasteiger partial charge on any atom is -0.490 e. The molecule has 1 aliphatic heterocycles. The smallest absolute Gasteiger partial charge is 0.175 e. The third-order valence-corrected chi connectivity index (χ3v) is 6.06. The topological polar surface area (TPSA) is 68.3 Å². The highest BCUT2D eigenvalue weighted by Crippen LogP contribution is 2.38. The molecule has 0 atom stereocenters. The zero-order valence-electron chi connectivity index (χ0n) is 15.2. The second kappa shape index (κ2) is 7.29. The van der Waals surface area contributed by atoms with Gasteiger partial charge in [-0.15, -0.1) is 0 Å². The van der Waals surface area contributed by atoms with Crippen molar-refractivity contribution >= 4 is 20.6 Å². The van der Waals surface area contributed by atoms with E-state index in [2.05, 4.69) is 10.3 Å². The molecule has 0 bridgehead atoms. The third-order valence-electron chi connectivity index (χ3n) is 4.93. The van der Waals surface area contributed by atoms with E-state index in [-0.39, 0.29) is 6.10 Å². The summed E-state index contributed by atoms with van der Waals surface area (Å²) >= 11 is 0. The molecule has 1 aliphatic rings. The zero-order valence-corrected chi connectivity index (χ0v) is 16.0. The number of benzene rings is 2. The first-order valence-corrected chi connectivity index (χ1v) is 11.0. The number of pyridine rings is 1. The quantitative estimate of drug-likeness (QED) is 0.749. The van der Waals surface area contributed by atoms with Gasteiger partial charge in [-0.3, -0.25) is 4.98 Å². The van der Waals surface area contributed by atoms with E-state index in [1.165, 1.54) is 6.26 Å². The van der Waals surface area contributed by atoms with Gasteiger partial charge in [-0.05, 0) is 67.2 Å². The lowest BCUT2D eigenvalue weighted by Gasteiger charge is -2.25. The van der Waals surface area contributed by atoms with Crippen LogP contribution >= 0.6 is 0 Å². The summed E-state index contributed by atoms with van der Waals surface area (Å²) in [5, 5.41) is 5.42. The number of fused-ring (bicyclic) bond motifs is 1. The van der Waals surface area contributed by atoms with Crippen LogP contribution in [0.15, 0.2) is 59.8 Å². The highest BCUT2D eigenvalue weighted by Gasteiger charge is 2.19. The van der Waals surface area contributed by atoms with Gasteiger partial charge in [0.15, 0.2) is 9.84 Å². The molecule has 0 amide bonds. The number of nitrogens with one attached hydrogen (secondary N) is 1. The number of hydrogen-bond acceptors (Lipinski definition) is 5. The molecular weight excluding hydrogens is 360 g/mol. The molecule has 4 rings (SSSR count). The number of ether oxygens (including phenoxy) is 1. The minimum absolute atomic E-state index is 0.180. The first-order valence-electron chi connectivity index (χ1n) is 9.07. The lowest BCUT2D eigenvalue weighted by molar-refractivity contribution is 0.163. The van der Waals surface area contributed by atoms with E-state index in [0.717, 1.165) is 53.6 Å². The molecule has 27 heavy (non-hydrogen) atoms. The van der Waals surface area contributed by atoms with Crippen LogP contribution in [0.1, 0.15) is 12.8 Å². The van der Waals surface area contributed by atoms with Crippen LogP contribution in [0.4, 0.5) is 0 Å². The Morgan fingerprint density at radius 3 is 2.48 bits per heavy atom. The Labute approximate surface area is 159 Å². The number of nitrogens with zero attached hydrogens (tertiary/aromatic N) is 1. The molecule has 0 saturated carbocycles. The van der Waals surface area contributed by atoms with Gasteiger partial charge in [-0.25, -0.2) is 8.42 Å². The lowest BCUT2D eigenvalue weighted by atomic mass is 9.98. The molecule has 1 saturated heterocycles.